The van der Waals surface area contributed by atoms with Crippen molar-refractivity contribution in [2.75, 3.05) is 27.8 Å². The molecule has 0 aliphatic carbocycles. The van der Waals surface area contributed by atoms with Gasteiger partial charge in [0, 0.05) is 29.9 Å². The van der Waals surface area contributed by atoms with E-state index in [9.17, 15) is 14.4 Å². The van der Waals surface area contributed by atoms with Gasteiger partial charge in [0.05, 0.1) is 17.3 Å². The van der Waals surface area contributed by atoms with Crippen molar-refractivity contribution >= 4 is 52.1 Å². The fourth-order valence-corrected chi connectivity index (χ4v) is 2.68. The molecular formula is C21H25ClN4O3. The Morgan fingerprint density at radius 3 is 2.10 bits per heavy atom. The normalized spacial score (nSPS) is 10.2. The van der Waals surface area contributed by atoms with E-state index in [0.717, 1.165) is 6.42 Å². The monoisotopic (exact) mass is 416 g/mol. The summed E-state index contributed by atoms with van der Waals surface area (Å²) < 4.78 is 0. The second-order valence-electron chi connectivity index (χ2n) is 6.38. The number of hydrogen-bond donors (Lipinski definition) is 4. The predicted molar refractivity (Wildman–Crippen MR) is 117 cm³/mol. The maximum Gasteiger partial charge on any atom is 0.243 e. The Kier molecular flexibility index (Phi) is 8.48. The Bertz CT molecular complexity index is 886. The van der Waals surface area contributed by atoms with Crippen LogP contribution in [-0.4, -0.2) is 24.3 Å². The fourth-order valence-electron chi connectivity index (χ4n) is 2.49. The second kappa shape index (κ2) is 11.1. The molecule has 0 aliphatic rings. The molecule has 0 radical (unpaired) electrons. The van der Waals surface area contributed by atoms with Crippen LogP contribution in [-0.2, 0) is 14.4 Å². The van der Waals surface area contributed by atoms with Gasteiger partial charge in [0.15, 0.2) is 0 Å². The quantitative estimate of drug-likeness (QED) is 0.484. The molecule has 0 unspecified atom stereocenters. The zero-order chi connectivity index (χ0) is 21.2. The number of hydrogen-bond acceptors (Lipinski definition) is 4. The Labute approximate surface area is 175 Å². The van der Waals surface area contributed by atoms with Crippen molar-refractivity contribution in [3.8, 4) is 0 Å². The van der Waals surface area contributed by atoms with Gasteiger partial charge in [0.1, 0.15) is 0 Å². The van der Waals surface area contributed by atoms with Crippen LogP contribution in [0.25, 0.3) is 0 Å². The smallest absolute Gasteiger partial charge is 0.243 e. The molecule has 7 nitrogen and oxygen atoms in total. The molecule has 4 N–H and O–H groups in total. The molecule has 2 aromatic rings. The van der Waals surface area contributed by atoms with Crippen LogP contribution in [0, 0.1) is 0 Å². The molecule has 0 bridgehead atoms. The summed E-state index contributed by atoms with van der Waals surface area (Å²) in [6.45, 7) is 3.68. The van der Waals surface area contributed by atoms with Gasteiger partial charge in [-0.15, -0.1) is 0 Å². The van der Waals surface area contributed by atoms with E-state index in [0.29, 0.717) is 40.6 Å². The summed E-state index contributed by atoms with van der Waals surface area (Å²) in [4.78, 5) is 35.5. The van der Waals surface area contributed by atoms with Crippen molar-refractivity contribution in [3.63, 3.8) is 0 Å². The van der Waals surface area contributed by atoms with Crippen LogP contribution < -0.4 is 21.3 Å². The van der Waals surface area contributed by atoms with Gasteiger partial charge in [-0.05, 0) is 42.8 Å². The predicted octanol–water partition coefficient (Wildman–Crippen LogP) is 4.48. The summed E-state index contributed by atoms with van der Waals surface area (Å²) in [6.07, 6.45) is 1.57. The first-order valence-corrected chi connectivity index (χ1v) is 9.82. The second-order valence-corrected chi connectivity index (χ2v) is 6.78. The molecule has 2 aromatic carbocycles. The lowest BCUT2D eigenvalue weighted by Crippen LogP contribution is -2.22. The van der Waals surface area contributed by atoms with Gasteiger partial charge in [0.2, 0.25) is 17.7 Å². The molecule has 8 heteroatoms. The Balaban J connectivity index is 1.94. The zero-order valence-corrected chi connectivity index (χ0v) is 17.2. The lowest BCUT2D eigenvalue weighted by molar-refractivity contribution is -0.116. The van der Waals surface area contributed by atoms with Gasteiger partial charge in [-0.3, -0.25) is 14.4 Å². The van der Waals surface area contributed by atoms with Crippen molar-refractivity contribution in [2.24, 2.45) is 0 Å². The van der Waals surface area contributed by atoms with E-state index in [2.05, 4.69) is 21.3 Å². The molecule has 0 aromatic heterocycles. The van der Waals surface area contributed by atoms with Crippen molar-refractivity contribution < 1.29 is 14.4 Å². The standard InChI is InChI=1S/C21H25ClN4O3/c1-3-6-20(28)25-16-9-10-17(22)18(12-16)23-13-21(29)26-15-8-5-7-14(11-15)24-19(27)4-2/h5,7-12,23H,3-4,6,13H2,1-2H3,(H,24,27)(H,25,28)(H,26,29). The minimum atomic E-state index is -0.277. The highest BCUT2D eigenvalue weighted by atomic mass is 35.5. The molecule has 0 aliphatic heterocycles. The van der Waals surface area contributed by atoms with E-state index in [1.54, 1.807) is 49.4 Å². The van der Waals surface area contributed by atoms with Crippen molar-refractivity contribution in [1.29, 1.82) is 0 Å². The third-order valence-corrected chi connectivity index (χ3v) is 4.25. The van der Waals surface area contributed by atoms with Crippen molar-refractivity contribution in [2.45, 2.75) is 33.1 Å². The topological polar surface area (TPSA) is 99.3 Å². The lowest BCUT2D eigenvalue weighted by Gasteiger charge is -2.12. The molecule has 0 saturated carbocycles. The summed E-state index contributed by atoms with van der Waals surface area (Å²) in [6, 6.07) is 12.0. The van der Waals surface area contributed by atoms with Gasteiger partial charge in [0.25, 0.3) is 0 Å². The van der Waals surface area contributed by atoms with E-state index in [-0.39, 0.29) is 24.3 Å². The minimum Gasteiger partial charge on any atom is -0.375 e. The van der Waals surface area contributed by atoms with Gasteiger partial charge in [-0.2, -0.15) is 0 Å². The summed E-state index contributed by atoms with van der Waals surface area (Å²) in [5, 5.41) is 11.7. The Morgan fingerprint density at radius 2 is 1.45 bits per heavy atom. The van der Waals surface area contributed by atoms with Crippen molar-refractivity contribution in [1.82, 2.24) is 0 Å². The van der Waals surface area contributed by atoms with Gasteiger partial charge >= 0.3 is 0 Å². The number of rotatable bonds is 9. The molecular weight excluding hydrogens is 392 g/mol. The van der Waals surface area contributed by atoms with Gasteiger partial charge in [-0.25, -0.2) is 0 Å². The molecule has 3 amide bonds. The van der Waals surface area contributed by atoms with Crippen LogP contribution in [0.15, 0.2) is 42.5 Å². The summed E-state index contributed by atoms with van der Waals surface area (Å²) in [5.41, 5.74) is 2.33. The van der Waals surface area contributed by atoms with E-state index in [1.807, 2.05) is 6.92 Å². The Hall–Kier alpha value is -3.06. The highest BCUT2D eigenvalue weighted by Crippen LogP contribution is 2.25. The number of amides is 3. The number of benzene rings is 2. The van der Waals surface area contributed by atoms with Gasteiger partial charge in [-0.1, -0.05) is 31.5 Å². The number of carbonyl (C=O) groups is 3. The average Bonchev–Trinajstić information content (AvgIpc) is 2.68. The summed E-state index contributed by atoms with van der Waals surface area (Å²) >= 11 is 6.17. The first-order chi connectivity index (χ1) is 13.9. The van der Waals surface area contributed by atoms with Crippen LogP contribution in [0.3, 0.4) is 0 Å². The molecule has 0 saturated heterocycles. The van der Waals surface area contributed by atoms with Crippen LogP contribution >= 0.6 is 11.6 Å². The largest absolute Gasteiger partial charge is 0.375 e. The van der Waals surface area contributed by atoms with E-state index in [1.165, 1.54) is 0 Å². The highest BCUT2D eigenvalue weighted by molar-refractivity contribution is 6.33. The first-order valence-electron chi connectivity index (χ1n) is 9.44. The van der Waals surface area contributed by atoms with Crippen LogP contribution in [0.5, 0.6) is 0 Å². The number of nitrogens with one attached hydrogen (secondary N) is 4. The number of halogens is 1. The first kappa shape index (κ1) is 22.2. The van der Waals surface area contributed by atoms with Crippen LogP contribution in [0.1, 0.15) is 33.1 Å². The maximum atomic E-state index is 12.3. The molecule has 0 atom stereocenters. The molecule has 0 fully saturated rings. The summed E-state index contributed by atoms with van der Waals surface area (Å²) in [5.74, 6) is -0.454. The van der Waals surface area contributed by atoms with E-state index >= 15 is 0 Å². The van der Waals surface area contributed by atoms with E-state index in [4.69, 9.17) is 11.6 Å². The fraction of sp³-hybridized carbons (Fsp3) is 0.286. The Morgan fingerprint density at radius 1 is 0.828 bits per heavy atom. The minimum absolute atomic E-state index is 0.0162. The van der Waals surface area contributed by atoms with Crippen LogP contribution in [0.2, 0.25) is 5.02 Å². The zero-order valence-electron chi connectivity index (χ0n) is 16.5. The molecule has 154 valence electrons. The molecule has 0 heterocycles. The molecule has 29 heavy (non-hydrogen) atoms. The summed E-state index contributed by atoms with van der Waals surface area (Å²) in [7, 11) is 0. The third kappa shape index (κ3) is 7.46. The SMILES string of the molecule is CCCC(=O)Nc1ccc(Cl)c(NCC(=O)Nc2cccc(NC(=O)CC)c2)c1. The average molecular weight is 417 g/mol. The number of carbonyl (C=O) groups excluding carboxylic acids is 3. The lowest BCUT2D eigenvalue weighted by atomic mass is 10.2. The molecule has 0 spiro atoms. The maximum absolute atomic E-state index is 12.3. The van der Waals surface area contributed by atoms with Crippen molar-refractivity contribution in [3.05, 3.63) is 47.5 Å². The van der Waals surface area contributed by atoms with Crippen LogP contribution in [0.4, 0.5) is 22.7 Å². The van der Waals surface area contributed by atoms with E-state index < -0.39 is 0 Å². The molecule has 2 rings (SSSR count). The number of anilines is 4. The van der Waals surface area contributed by atoms with Gasteiger partial charge < -0.3 is 21.3 Å². The third-order valence-electron chi connectivity index (χ3n) is 3.92. The highest BCUT2D eigenvalue weighted by Gasteiger charge is 2.08.